The van der Waals surface area contributed by atoms with Crippen LogP contribution in [-0.2, 0) is 22.7 Å². The highest BCUT2D eigenvalue weighted by Crippen LogP contribution is 2.42. The van der Waals surface area contributed by atoms with Crippen molar-refractivity contribution >= 4 is 17.4 Å². The van der Waals surface area contributed by atoms with Crippen LogP contribution in [0.3, 0.4) is 0 Å². The summed E-state index contributed by atoms with van der Waals surface area (Å²) in [6.07, 6.45) is 3.30. The predicted octanol–water partition coefficient (Wildman–Crippen LogP) is 7.38. The second kappa shape index (κ2) is 12.7. The first-order valence-corrected chi connectivity index (χ1v) is 14.3. The average molecular weight is 583 g/mol. The molecule has 1 fully saturated rings. The van der Waals surface area contributed by atoms with Gasteiger partial charge in [0.05, 0.1) is 11.6 Å². The van der Waals surface area contributed by atoms with Gasteiger partial charge in [0.1, 0.15) is 29.6 Å². The minimum atomic E-state index is -0.858. The molecule has 1 atom stereocenters. The Morgan fingerprint density at radius 3 is 2.27 bits per heavy atom. The monoisotopic (exact) mass is 582 g/mol. The fourth-order valence-corrected chi connectivity index (χ4v) is 5.30. The number of aliphatic hydroxyl groups is 1. The molecule has 5 aromatic rings. The number of para-hydroxylation sites is 1. The molecule has 0 saturated carbocycles. The van der Waals surface area contributed by atoms with Crippen LogP contribution in [0.15, 0.2) is 133 Å². The lowest BCUT2D eigenvalue weighted by Gasteiger charge is -2.25. The summed E-state index contributed by atoms with van der Waals surface area (Å²) in [6.45, 7) is 2.41. The molecule has 4 aromatic carbocycles. The summed E-state index contributed by atoms with van der Waals surface area (Å²) in [5.41, 5.74) is 3.62. The van der Waals surface area contributed by atoms with E-state index in [0.29, 0.717) is 35.0 Å². The normalized spacial score (nSPS) is 15.8. The van der Waals surface area contributed by atoms with Crippen molar-refractivity contribution in [2.45, 2.75) is 26.1 Å². The van der Waals surface area contributed by atoms with Crippen molar-refractivity contribution in [3.8, 4) is 17.2 Å². The lowest BCUT2D eigenvalue weighted by atomic mass is 9.94. The number of rotatable bonds is 9. The Labute approximate surface area is 255 Å². The number of aryl methyl sites for hydroxylation is 1. The molecule has 0 spiro atoms. The van der Waals surface area contributed by atoms with Crippen LogP contribution in [0.5, 0.6) is 17.2 Å². The Hall–Kier alpha value is -5.69. The summed E-state index contributed by atoms with van der Waals surface area (Å²) in [4.78, 5) is 32.8. The molecule has 1 N–H and O–H groups in total. The van der Waals surface area contributed by atoms with Gasteiger partial charge in [0.15, 0.2) is 0 Å². The molecule has 2 heterocycles. The third kappa shape index (κ3) is 6.08. The SMILES string of the molecule is Cc1cc(/C(O)=C2\C(=O)C(=O)N(Cc3cccnc3)C2c2cccc(Oc3ccccc3)c2)ccc1OCc1ccccc1. The molecule has 218 valence electrons. The van der Waals surface area contributed by atoms with E-state index in [0.717, 1.165) is 16.7 Å². The lowest BCUT2D eigenvalue weighted by molar-refractivity contribution is -0.140. The number of carbonyl (C=O) groups excluding carboxylic acids is 2. The molecule has 44 heavy (non-hydrogen) atoms. The Kier molecular flexibility index (Phi) is 8.19. The van der Waals surface area contributed by atoms with Crippen molar-refractivity contribution in [1.29, 1.82) is 0 Å². The zero-order valence-corrected chi connectivity index (χ0v) is 24.1. The van der Waals surface area contributed by atoms with Crippen LogP contribution in [0, 0.1) is 6.92 Å². The molecular formula is C37H30N2O5. The van der Waals surface area contributed by atoms with Gasteiger partial charge in [0.2, 0.25) is 0 Å². The van der Waals surface area contributed by atoms with Gasteiger partial charge in [-0.05, 0) is 77.7 Å². The fourth-order valence-electron chi connectivity index (χ4n) is 5.30. The molecule has 1 aliphatic heterocycles. The lowest BCUT2D eigenvalue weighted by Crippen LogP contribution is -2.29. The van der Waals surface area contributed by atoms with Gasteiger partial charge < -0.3 is 19.5 Å². The minimum absolute atomic E-state index is 0.00750. The van der Waals surface area contributed by atoms with Gasteiger partial charge in [0, 0.05) is 24.5 Å². The van der Waals surface area contributed by atoms with Crippen LogP contribution in [0.25, 0.3) is 5.76 Å². The van der Waals surface area contributed by atoms with Crippen molar-refractivity contribution in [2.75, 3.05) is 0 Å². The molecule has 0 radical (unpaired) electrons. The van der Waals surface area contributed by atoms with Gasteiger partial charge in [-0.3, -0.25) is 14.6 Å². The molecule has 1 aromatic heterocycles. The molecular weight excluding hydrogens is 552 g/mol. The molecule has 0 bridgehead atoms. The van der Waals surface area contributed by atoms with Crippen LogP contribution in [0.2, 0.25) is 0 Å². The Balaban J connectivity index is 1.38. The van der Waals surface area contributed by atoms with Crippen molar-refractivity contribution in [3.63, 3.8) is 0 Å². The van der Waals surface area contributed by atoms with Crippen LogP contribution < -0.4 is 9.47 Å². The third-order valence-electron chi connectivity index (χ3n) is 7.45. The molecule has 1 aliphatic rings. The number of nitrogens with zero attached hydrogens (tertiary/aromatic N) is 2. The Morgan fingerprint density at radius 2 is 1.55 bits per heavy atom. The molecule has 1 unspecified atom stereocenters. The van der Waals surface area contributed by atoms with Gasteiger partial charge in [-0.25, -0.2) is 0 Å². The number of pyridine rings is 1. The van der Waals surface area contributed by atoms with Crippen molar-refractivity contribution in [2.24, 2.45) is 0 Å². The fraction of sp³-hybridized carbons (Fsp3) is 0.108. The van der Waals surface area contributed by atoms with Gasteiger partial charge >= 0.3 is 0 Å². The van der Waals surface area contributed by atoms with E-state index >= 15 is 0 Å². The van der Waals surface area contributed by atoms with E-state index in [-0.39, 0.29) is 17.9 Å². The third-order valence-corrected chi connectivity index (χ3v) is 7.45. The maximum absolute atomic E-state index is 13.6. The topological polar surface area (TPSA) is 89.0 Å². The highest BCUT2D eigenvalue weighted by Gasteiger charge is 2.46. The second-order valence-electron chi connectivity index (χ2n) is 10.5. The van der Waals surface area contributed by atoms with Crippen molar-refractivity contribution in [1.82, 2.24) is 9.88 Å². The number of carbonyl (C=O) groups is 2. The molecule has 1 amide bonds. The summed E-state index contributed by atoms with van der Waals surface area (Å²) in [5.74, 6) is 0.136. The molecule has 7 nitrogen and oxygen atoms in total. The second-order valence-corrected chi connectivity index (χ2v) is 10.5. The number of hydrogen-bond acceptors (Lipinski definition) is 6. The standard InChI is InChI=1S/C37H30N2O5/c1-25-20-29(17-18-32(25)43-24-26-10-4-2-5-11-26)35(40)33-34(39(37(42)36(33)41)23-27-12-9-19-38-22-27)28-13-8-16-31(21-28)44-30-14-6-3-7-15-30/h2-22,34,40H,23-24H2,1H3/b35-33+. The van der Waals surface area contributed by atoms with Crippen LogP contribution in [-0.4, -0.2) is 26.7 Å². The average Bonchev–Trinajstić information content (AvgIpc) is 3.30. The number of ether oxygens (including phenoxy) is 2. The highest BCUT2D eigenvalue weighted by atomic mass is 16.5. The smallest absolute Gasteiger partial charge is 0.295 e. The maximum Gasteiger partial charge on any atom is 0.295 e. The largest absolute Gasteiger partial charge is 0.507 e. The number of aliphatic hydroxyl groups excluding tert-OH is 1. The number of aromatic nitrogens is 1. The van der Waals surface area contributed by atoms with Gasteiger partial charge in [0.25, 0.3) is 11.7 Å². The number of hydrogen-bond donors (Lipinski definition) is 1. The minimum Gasteiger partial charge on any atom is -0.507 e. The predicted molar refractivity (Wildman–Crippen MR) is 167 cm³/mol. The van der Waals surface area contributed by atoms with Crippen molar-refractivity contribution in [3.05, 3.63) is 161 Å². The summed E-state index contributed by atoms with van der Waals surface area (Å²) >= 11 is 0. The number of likely N-dealkylation sites (tertiary alicyclic amines) is 1. The van der Waals surface area contributed by atoms with E-state index in [4.69, 9.17) is 9.47 Å². The quantitative estimate of drug-likeness (QED) is 0.111. The van der Waals surface area contributed by atoms with E-state index in [9.17, 15) is 14.7 Å². The number of amides is 1. The van der Waals surface area contributed by atoms with Crippen LogP contribution >= 0.6 is 0 Å². The van der Waals surface area contributed by atoms with Gasteiger partial charge in [-0.2, -0.15) is 0 Å². The van der Waals surface area contributed by atoms with Crippen molar-refractivity contribution < 1.29 is 24.2 Å². The molecule has 6 rings (SSSR count). The zero-order valence-electron chi connectivity index (χ0n) is 24.1. The summed E-state index contributed by atoms with van der Waals surface area (Å²) < 4.78 is 12.1. The van der Waals surface area contributed by atoms with E-state index in [1.54, 1.807) is 54.9 Å². The highest BCUT2D eigenvalue weighted by molar-refractivity contribution is 6.46. The zero-order chi connectivity index (χ0) is 30.5. The maximum atomic E-state index is 13.6. The Morgan fingerprint density at radius 1 is 0.818 bits per heavy atom. The van der Waals surface area contributed by atoms with Crippen LogP contribution in [0.4, 0.5) is 0 Å². The summed E-state index contributed by atoms with van der Waals surface area (Å²) in [7, 11) is 0. The Bertz CT molecular complexity index is 1820. The number of Topliss-reactive ketones (excluding diaryl/α,β-unsaturated/α-hetero) is 1. The summed E-state index contributed by atoms with van der Waals surface area (Å²) in [6, 6.07) is 34.4. The van der Waals surface area contributed by atoms with E-state index in [2.05, 4.69) is 4.98 Å². The number of ketones is 1. The molecule has 1 saturated heterocycles. The first-order chi connectivity index (χ1) is 21.5. The number of benzene rings is 4. The molecule has 0 aliphatic carbocycles. The first-order valence-electron chi connectivity index (χ1n) is 14.3. The van der Waals surface area contributed by atoms with Gasteiger partial charge in [-0.15, -0.1) is 0 Å². The van der Waals surface area contributed by atoms with E-state index < -0.39 is 17.7 Å². The van der Waals surface area contributed by atoms with Gasteiger partial charge in [-0.1, -0.05) is 66.7 Å². The summed E-state index contributed by atoms with van der Waals surface area (Å²) in [5, 5.41) is 11.6. The molecule has 7 heteroatoms. The van der Waals surface area contributed by atoms with Crippen LogP contribution in [0.1, 0.15) is 33.9 Å². The van der Waals surface area contributed by atoms with E-state index in [1.807, 2.05) is 79.7 Å². The first kappa shape index (κ1) is 28.4. The van der Waals surface area contributed by atoms with E-state index in [1.165, 1.54) is 4.90 Å².